The van der Waals surface area contributed by atoms with Gasteiger partial charge in [-0.05, 0) is 17.5 Å². The summed E-state index contributed by atoms with van der Waals surface area (Å²) in [5.41, 5.74) is 0.895. The summed E-state index contributed by atoms with van der Waals surface area (Å²) in [5, 5.41) is 11.3. The third-order valence-electron chi connectivity index (χ3n) is 1.86. The third-order valence-corrected chi connectivity index (χ3v) is 3.26. The Kier molecular flexibility index (Phi) is 2.70. The zero-order valence-electron chi connectivity index (χ0n) is 7.48. The molecule has 0 spiro atoms. The molecule has 0 aliphatic carbocycles. The first kappa shape index (κ1) is 10.1. The average Bonchev–Trinajstić information content (AvgIpc) is 2.64. The topological polar surface area (TPSA) is 50.2 Å². The second-order valence-corrected chi connectivity index (χ2v) is 4.19. The molecule has 5 heteroatoms. The summed E-state index contributed by atoms with van der Waals surface area (Å²) in [6, 6.07) is 3.34. The summed E-state index contributed by atoms with van der Waals surface area (Å²) in [5.74, 6) is -0.989. The van der Waals surface area contributed by atoms with E-state index in [1.807, 2.05) is 5.38 Å². The van der Waals surface area contributed by atoms with Crippen molar-refractivity contribution in [3.8, 4) is 10.4 Å². The first-order chi connectivity index (χ1) is 7.18. The van der Waals surface area contributed by atoms with Crippen molar-refractivity contribution in [2.24, 2.45) is 0 Å². The molecule has 2 heterocycles. The highest BCUT2D eigenvalue weighted by Gasteiger charge is 2.09. The van der Waals surface area contributed by atoms with E-state index in [1.54, 1.807) is 18.3 Å². The first-order valence-corrected chi connectivity index (χ1v) is 5.36. The standard InChI is InChI=1S/C10H6ClNO2S/c11-8-1-2-15-9(8)6-3-7(10(13)14)5-12-4-6/h1-5H,(H,13,14). The van der Waals surface area contributed by atoms with E-state index in [2.05, 4.69) is 4.98 Å². The lowest BCUT2D eigenvalue weighted by Gasteiger charge is -1.99. The molecule has 2 aromatic heterocycles. The predicted octanol–water partition coefficient (Wildman–Crippen LogP) is 3.16. The van der Waals surface area contributed by atoms with Crippen LogP contribution in [-0.2, 0) is 0 Å². The van der Waals surface area contributed by atoms with Gasteiger partial charge in [-0.25, -0.2) is 4.79 Å². The molecule has 2 aromatic rings. The summed E-state index contributed by atoms with van der Waals surface area (Å²) in [6.45, 7) is 0. The van der Waals surface area contributed by atoms with Crippen LogP contribution in [0, 0.1) is 0 Å². The number of nitrogens with zero attached hydrogens (tertiary/aromatic N) is 1. The molecule has 76 valence electrons. The number of carboxylic acid groups (broad SMARTS) is 1. The largest absolute Gasteiger partial charge is 0.478 e. The zero-order chi connectivity index (χ0) is 10.8. The number of hydrogen-bond acceptors (Lipinski definition) is 3. The minimum atomic E-state index is -0.989. The number of carboxylic acids is 1. The first-order valence-electron chi connectivity index (χ1n) is 4.10. The Balaban J connectivity index is 2.50. The van der Waals surface area contributed by atoms with Crippen LogP contribution < -0.4 is 0 Å². The molecule has 0 saturated carbocycles. The van der Waals surface area contributed by atoms with Crippen molar-refractivity contribution in [1.29, 1.82) is 0 Å². The van der Waals surface area contributed by atoms with Crippen LogP contribution in [0.4, 0.5) is 0 Å². The van der Waals surface area contributed by atoms with Gasteiger partial charge in [0.1, 0.15) is 0 Å². The van der Waals surface area contributed by atoms with Gasteiger partial charge in [0.15, 0.2) is 0 Å². The van der Waals surface area contributed by atoms with Crippen molar-refractivity contribution >= 4 is 28.9 Å². The van der Waals surface area contributed by atoms with Crippen molar-refractivity contribution in [2.45, 2.75) is 0 Å². The summed E-state index contributed by atoms with van der Waals surface area (Å²) < 4.78 is 0. The highest BCUT2D eigenvalue weighted by atomic mass is 35.5. The fourth-order valence-electron chi connectivity index (χ4n) is 1.18. The van der Waals surface area contributed by atoms with Crippen molar-refractivity contribution in [3.05, 3.63) is 40.5 Å². The molecule has 0 atom stereocenters. The van der Waals surface area contributed by atoms with E-state index in [0.717, 1.165) is 10.4 Å². The molecule has 0 aliphatic heterocycles. The van der Waals surface area contributed by atoms with E-state index in [1.165, 1.54) is 17.5 Å². The maximum absolute atomic E-state index is 10.7. The molecule has 0 aliphatic rings. The maximum atomic E-state index is 10.7. The van der Waals surface area contributed by atoms with Gasteiger partial charge in [-0.15, -0.1) is 11.3 Å². The lowest BCUT2D eigenvalue weighted by molar-refractivity contribution is 0.0696. The monoisotopic (exact) mass is 239 g/mol. The van der Waals surface area contributed by atoms with Crippen LogP contribution in [0.25, 0.3) is 10.4 Å². The second kappa shape index (κ2) is 4.00. The number of halogens is 1. The number of carbonyl (C=O) groups is 1. The molecule has 2 rings (SSSR count). The van der Waals surface area contributed by atoms with Gasteiger partial charge in [-0.3, -0.25) is 4.98 Å². The molecular formula is C10H6ClNO2S. The molecule has 0 fully saturated rings. The van der Waals surface area contributed by atoms with Crippen LogP contribution in [-0.4, -0.2) is 16.1 Å². The fraction of sp³-hybridized carbons (Fsp3) is 0. The normalized spacial score (nSPS) is 10.2. The zero-order valence-corrected chi connectivity index (χ0v) is 9.05. The summed E-state index contributed by atoms with van der Waals surface area (Å²) >= 11 is 7.40. The number of aromatic carboxylic acids is 1. The molecule has 1 N–H and O–H groups in total. The second-order valence-electron chi connectivity index (χ2n) is 2.87. The Bertz CT molecular complexity index is 510. The van der Waals surface area contributed by atoms with Gasteiger partial charge in [0, 0.05) is 18.0 Å². The van der Waals surface area contributed by atoms with E-state index in [4.69, 9.17) is 16.7 Å². The van der Waals surface area contributed by atoms with Gasteiger partial charge in [-0.1, -0.05) is 11.6 Å². The van der Waals surface area contributed by atoms with Gasteiger partial charge < -0.3 is 5.11 Å². The van der Waals surface area contributed by atoms with E-state index in [-0.39, 0.29) is 5.56 Å². The van der Waals surface area contributed by atoms with Crippen molar-refractivity contribution in [1.82, 2.24) is 4.98 Å². The smallest absolute Gasteiger partial charge is 0.337 e. The van der Waals surface area contributed by atoms with E-state index >= 15 is 0 Å². The van der Waals surface area contributed by atoms with Crippen LogP contribution in [0.1, 0.15) is 10.4 Å². The Morgan fingerprint density at radius 2 is 2.27 bits per heavy atom. The van der Waals surface area contributed by atoms with Gasteiger partial charge in [-0.2, -0.15) is 0 Å². The molecule has 0 bridgehead atoms. The number of aromatic nitrogens is 1. The molecular weight excluding hydrogens is 234 g/mol. The van der Waals surface area contributed by atoms with Crippen molar-refractivity contribution < 1.29 is 9.90 Å². The Labute approximate surface area is 95.0 Å². The van der Waals surface area contributed by atoms with Crippen molar-refractivity contribution in [3.63, 3.8) is 0 Å². The molecule has 0 amide bonds. The van der Waals surface area contributed by atoms with Crippen LogP contribution in [0.15, 0.2) is 29.9 Å². The molecule has 15 heavy (non-hydrogen) atoms. The highest BCUT2D eigenvalue weighted by Crippen LogP contribution is 2.32. The van der Waals surface area contributed by atoms with Crippen LogP contribution in [0.5, 0.6) is 0 Å². The maximum Gasteiger partial charge on any atom is 0.337 e. The highest BCUT2D eigenvalue weighted by molar-refractivity contribution is 7.14. The summed E-state index contributed by atoms with van der Waals surface area (Å²) in [6.07, 6.45) is 2.91. The molecule has 0 unspecified atom stereocenters. The molecule has 3 nitrogen and oxygen atoms in total. The van der Waals surface area contributed by atoms with Crippen molar-refractivity contribution in [2.75, 3.05) is 0 Å². The quantitative estimate of drug-likeness (QED) is 0.876. The third kappa shape index (κ3) is 2.00. The van der Waals surface area contributed by atoms with Gasteiger partial charge >= 0.3 is 5.97 Å². The lowest BCUT2D eigenvalue weighted by Crippen LogP contribution is -1.96. The molecule has 0 radical (unpaired) electrons. The minimum Gasteiger partial charge on any atom is -0.478 e. The van der Waals surface area contributed by atoms with E-state index in [9.17, 15) is 4.79 Å². The predicted molar refractivity (Wildman–Crippen MR) is 59.5 cm³/mol. The number of hydrogen-bond donors (Lipinski definition) is 1. The Morgan fingerprint density at radius 1 is 1.47 bits per heavy atom. The Hall–Kier alpha value is -1.39. The SMILES string of the molecule is O=C(O)c1cncc(-c2sccc2Cl)c1. The van der Waals surface area contributed by atoms with E-state index < -0.39 is 5.97 Å². The molecule has 0 saturated heterocycles. The van der Waals surface area contributed by atoms with Crippen LogP contribution in [0.2, 0.25) is 5.02 Å². The Morgan fingerprint density at radius 3 is 2.87 bits per heavy atom. The van der Waals surface area contributed by atoms with Crippen LogP contribution in [0.3, 0.4) is 0 Å². The minimum absolute atomic E-state index is 0.164. The number of pyridine rings is 1. The average molecular weight is 240 g/mol. The number of thiophene rings is 1. The number of rotatable bonds is 2. The summed E-state index contributed by atoms with van der Waals surface area (Å²) in [4.78, 5) is 15.4. The van der Waals surface area contributed by atoms with Gasteiger partial charge in [0.05, 0.1) is 15.5 Å². The van der Waals surface area contributed by atoms with Gasteiger partial charge in [0.2, 0.25) is 0 Å². The lowest BCUT2D eigenvalue weighted by atomic mass is 10.2. The molecule has 0 aromatic carbocycles. The van der Waals surface area contributed by atoms with Crippen LogP contribution >= 0.6 is 22.9 Å². The van der Waals surface area contributed by atoms with Gasteiger partial charge in [0.25, 0.3) is 0 Å². The fourth-order valence-corrected chi connectivity index (χ4v) is 2.33. The summed E-state index contributed by atoms with van der Waals surface area (Å²) in [7, 11) is 0. The van der Waals surface area contributed by atoms with E-state index in [0.29, 0.717) is 5.02 Å².